The Labute approximate surface area is 192 Å². The zero-order chi connectivity index (χ0) is 22.9. The van der Waals surface area contributed by atoms with E-state index < -0.39 is 36.8 Å². The maximum Gasteiger partial charge on any atom is 0.224 e. The minimum Gasteiger partial charge on any atom is -0.394 e. The summed E-state index contributed by atoms with van der Waals surface area (Å²) in [4.78, 5) is 0. The van der Waals surface area contributed by atoms with E-state index in [0.29, 0.717) is 29.7 Å². The zero-order valence-electron chi connectivity index (χ0n) is 17.9. The topological polar surface area (TPSA) is 109 Å². The molecule has 2 aliphatic rings. The summed E-state index contributed by atoms with van der Waals surface area (Å²) in [6.45, 7) is 0.0558. The highest BCUT2D eigenvalue weighted by Gasteiger charge is 2.55. The van der Waals surface area contributed by atoms with Crippen LogP contribution in [0, 0.1) is 0 Å². The molecule has 0 spiro atoms. The van der Waals surface area contributed by atoms with E-state index in [0.717, 1.165) is 29.5 Å². The Balaban J connectivity index is 1.57. The molecule has 1 aliphatic heterocycles. The van der Waals surface area contributed by atoms with Crippen LogP contribution >= 0.6 is 11.6 Å². The van der Waals surface area contributed by atoms with Crippen molar-refractivity contribution < 1.29 is 34.6 Å². The average Bonchev–Trinajstić information content (AvgIpc) is 3.64. The van der Waals surface area contributed by atoms with E-state index >= 15 is 0 Å². The summed E-state index contributed by atoms with van der Waals surface area (Å²) < 4.78 is 17.0. The molecule has 8 heteroatoms. The highest BCUT2D eigenvalue weighted by Crippen LogP contribution is 2.40. The van der Waals surface area contributed by atoms with Crippen LogP contribution in [0.5, 0.6) is 0 Å². The van der Waals surface area contributed by atoms with Gasteiger partial charge < -0.3 is 34.6 Å². The van der Waals surface area contributed by atoms with Crippen LogP contribution in [0.15, 0.2) is 42.5 Å². The number of rotatable bonds is 8. The maximum atomic E-state index is 10.7. The van der Waals surface area contributed by atoms with Crippen molar-refractivity contribution in [3.05, 3.63) is 69.7 Å². The molecular weight excluding hydrogens is 436 g/mol. The van der Waals surface area contributed by atoms with E-state index in [1.807, 2.05) is 24.3 Å². The number of hydrogen-bond acceptors (Lipinski definition) is 7. The molecule has 0 amide bonds. The largest absolute Gasteiger partial charge is 0.394 e. The first kappa shape index (κ1) is 23.6. The average molecular weight is 465 g/mol. The maximum absolute atomic E-state index is 10.7. The van der Waals surface area contributed by atoms with E-state index in [9.17, 15) is 20.4 Å². The Morgan fingerprint density at radius 1 is 1.03 bits per heavy atom. The number of hydrogen-bond donors (Lipinski definition) is 4. The van der Waals surface area contributed by atoms with Gasteiger partial charge in [0, 0.05) is 17.7 Å². The van der Waals surface area contributed by atoms with Crippen molar-refractivity contribution >= 4 is 11.6 Å². The minimum absolute atomic E-state index is 0.409. The monoisotopic (exact) mass is 464 g/mol. The molecule has 4 rings (SSSR count). The van der Waals surface area contributed by atoms with Crippen molar-refractivity contribution in [2.75, 3.05) is 13.7 Å². The molecule has 174 valence electrons. The highest BCUT2D eigenvalue weighted by atomic mass is 35.5. The molecule has 1 aliphatic carbocycles. The zero-order valence-corrected chi connectivity index (χ0v) is 18.6. The van der Waals surface area contributed by atoms with E-state index in [4.69, 9.17) is 25.8 Å². The predicted octanol–water partition coefficient (Wildman–Crippen LogP) is 1.88. The summed E-state index contributed by atoms with van der Waals surface area (Å²) >= 11 is 6.45. The molecule has 2 aromatic rings. The van der Waals surface area contributed by atoms with Gasteiger partial charge in [-0.25, -0.2) is 0 Å². The first-order chi connectivity index (χ1) is 15.4. The molecule has 0 radical (unpaired) electrons. The lowest BCUT2D eigenvalue weighted by Crippen LogP contribution is -2.64. The molecule has 1 saturated heterocycles. The van der Waals surface area contributed by atoms with Gasteiger partial charge in [-0.1, -0.05) is 41.9 Å². The molecule has 2 aromatic carbocycles. The molecule has 7 nitrogen and oxygen atoms in total. The minimum atomic E-state index is -1.77. The Morgan fingerprint density at radius 3 is 2.34 bits per heavy atom. The third-order valence-corrected chi connectivity index (χ3v) is 6.50. The standard InChI is InChI=1S/C24H29ClO7/c1-30-24(23(29)22(28)21(27)20(12-26)32-24)17-6-9-19(25)16(11-17)10-14-2-4-15(5-3-14)13-31-18-7-8-18/h2-6,9,11,18,20-23,26-29H,7-8,10,12-13H2,1H3/t20-,21-,22+,23-,24?/m1/s1. The Morgan fingerprint density at radius 2 is 1.72 bits per heavy atom. The van der Waals surface area contributed by atoms with E-state index in [-0.39, 0.29) is 0 Å². The first-order valence-electron chi connectivity index (χ1n) is 10.7. The Kier molecular flexibility index (Phi) is 7.19. The second kappa shape index (κ2) is 9.75. The number of halogens is 1. The normalized spacial score (nSPS) is 30.4. The number of benzene rings is 2. The molecule has 1 unspecified atom stereocenters. The fourth-order valence-corrected chi connectivity index (χ4v) is 4.20. The second-order valence-electron chi connectivity index (χ2n) is 8.45. The summed E-state index contributed by atoms with van der Waals surface area (Å²) in [6, 6.07) is 13.2. The smallest absolute Gasteiger partial charge is 0.224 e. The van der Waals surface area contributed by atoms with Crippen LogP contribution in [0.4, 0.5) is 0 Å². The van der Waals surface area contributed by atoms with Crippen molar-refractivity contribution in [3.63, 3.8) is 0 Å². The van der Waals surface area contributed by atoms with Crippen molar-refractivity contribution in [1.29, 1.82) is 0 Å². The number of ether oxygens (including phenoxy) is 3. The van der Waals surface area contributed by atoms with Gasteiger partial charge in [0.25, 0.3) is 0 Å². The molecule has 1 saturated carbocycles. The molecule has 1 heterocycles. The van der Waals surface area contributed by atoms with Gasteiger partial charge >= 0.3 is 0 Å². The van der Waals surface area contributed by atoms with Gasteiger partial charge in [0.2, 0.25) is 5.79 Å². The number of aliphatic hydroxyl groups excluding tert-OH is 4. The van der Waals surface area contributed by atoms with Crippen LogP contribution in [-0.2, 0) is 33.0 Å². The summed E-state index contributed by atoms with van der Waals surface area (Å²) in [6.07, 6.45) is -2.50. The van der Waals surface area contributed by atoms with Crippen LogP contribution in [-0.4, -0.2) is 64.7 Å². The molecule has 2 fully saturated rings. The lowest BCUT2D eigenvalue weighted by atomic mass is 9.87. The number of aliphatic hydroxyl groups is 4. The van der Waals surface area contributed by atoms with Crippen molar-refractivity contribution in [2.24, 2.45) is 0 Å². The quantitative estimate of drug-likeness (QED) is 0.472. The van der Waals surface area contributed by atoms with Gasteiger partial charge in [0.1, 0.15) is 24.4 Å². The highest BCUT2D eigenvalue weighted by molar-refractivity contribution is 6.31. The molecular formula is C24H29ClO7. The van der Waals surface area contributed by atoms with Gasteiger partial charge in [-0.15, -0.1) is 0 Å². The van der Waals surface area contributed by atoms with Gasteiger partial charge in [-0.3, -0.25) is 0 Å². The van der Waals surface area contributed by atoms with E-state index in [1.165, 1.54) is 7.11 Å². The predicted molar refractivity (Wildman–Crippen MR) is 117 cm³/mol. The number of methoxy groups -OCH3 is 1. The van der Waals surface area contributed by atoms with Crippen molar-refractivity contribution in [3.8, 4) is 0 Å². The lowest BCUT2D eigenvalue weighted by molar-refractivity contribution is -0.366. The Hall–Kier alpha value is -1.55. The summed E-state index contributed by atoms with van der Waals surface area (Å²) in [5, 5.41) is 41.2. The molecule has 0 aromatic heterocycles. The lowest BCUT2D eigenvalue weighted by Gasteiger charge is -2.47. The SMILES string of the molecule is COC1(c2ccc(Cl)c(Cc3ccc(COC4CC4)cc3)c2)O[C@H](CO)[C@@H](O)[C@H](O)[C@H]1O. The Bertz CT molecular complexity index is 915. The first-order valence-corrected chi connectivity index (χ1v) is 11.1. The summed E-state index contributed by atoms with van der Waals surface area (Å²) in [7, 11) is 1.33. The molecule has 0 bridgehead atoms. The van der Waals surface area contributed by atoms with Crippen molar-refractivity contribution in [2.45, 2.75) is 62.2 Å². The molecule has 32 heavy (non-hydrogen) atoms. The van der Waals surface area contributed by atoms with Crippen LogP contribution in [0.2, 0.25) is 5.02 Å². The van der Waals surface area contributed by atoms with Crippen LogP contribution < -0.4 is 0 Å². The van der Waals surface area contributed by atoms with E-state index in [1.54, 1.807) is 18.2 Å². The van der Waals surface area contributed by atoms with Crippen LogP contribution in [0.1, 0.15) is 35.1 Å². The van der Waals surface area contributed by atoms with Gasteiger partial charge in [-0.05, 0) is 48.1 Å². The van der Waals surface area contributed by atoms with Gasteiger partial charge in [0.05, 0.1) is 19.3 Å². The summed E-state index contributed by atoms with van der Waals surface area (Å²) in [5.41, 5.74) is 3.35. The van der Waals surface area contributed by atoms with Crippen LogP contribution in [0.25, 0.3) is 0 Å². The van der Waals surface area contributed by atoms with Gasteiger partial charge in [0.15, 0.2) is 0 Å². The second-order valence-corrected chi connectivity index (χ2v) is 8.85. The van der Waals surface area contributed by atoms with E-state index in [2.05, 4.69) is 0 Å². The summed E-state index contributed by atoms with van der Waals surface area (Å²) in [5.74, 6) is -1.77. The molecule has 4 N–H and O–H groups in total. The third-order valence-electron chi connectivity index (χ3n) is 6.13. The van der Waals surface area contributed by atoms with Crippen molar-refractivity contribution in [1.82, 2.24) is 0 Å². The van der Waals surface area contributed by atoms with Crippen LogP contribution in [0.3, 0.4) is 0 Å². The fraction of sp³-hybridized carbons (Fsp3) is 0.500. The van der Waals surface area contributed by atoms with Gasteiger partial charge in [-0.2, -0.15) is 0 Å². The molecule has 5 atom stereocenters. The third kappa shape index (κ3) is 4.71. The fourth-order valence-electron chi connectivity index (χ4n) is 4.02.